The topological polar surface area (TPSA) is 73.2 Å². The molecule has 0 aromatic heterocycles. The van der Waals surface area contributed by atoms with Crippen molar-refractivity contribution in [2.45, 2.75) is 26.2 Å². The number of amides is 2. The molecule has 0 saturated heterocycles. The molecule has 1 N–H and O–H groups in total. The minimum absolute atomic E-state index is 0.0370. The number of hydrogen-bond acceptors (Lipinski definition) is 3. The smallest absolute Gasteiger partial charge is 0.243 e. The van der Waals surface area contributed by atoms with Crippen LogP contribution >= 0.6 is 0 Å². The molecule has 1 aliphatic carbocycles. The van der Waals surface area contributed by atoms with Crippen LogP contribution in [0.4, 0.5) is 0 Å². The van der Waals surface area contributed by atoms with Gasteiger partial charge in [0, 0.05) is 13.6 Å². The first-order valence-corrected chi connectivity index (χ1v) is 5.51. The highest BCUT2D eigenvalue weighted by atomic mass is 16.2. The first-order chi connectivity index (χ1) is 7.59. The van der Waals surface area contributed by atoms with Crippen LogP contribution in [0, 0.1) is 16.7 Å². The Labute approximate surface area is 95.4 Å². The molecule has 16 heavy (non-hydrogen) atoms. The second-order valence-corrected chi connectivity index (χ2v) is 4.04. The highest BCUT2D eigenvalue weighted by molar-refractivity contribution is 5.90. The van der Waals surface area contributed by atoms with Gasteiger partial charge < -0.3 is 10.2 Å². The first-order valence-electron chi connectivity index (χ1n) is 5.51. The Hall–Kier alpha value is -1.57. The van der Waals surface area contributed by atoms with Gasteiger partial charge in [0.2, 0.25) is 11.8 Å². The average molecular weight is 223 g/mol. The van der Waals surface area contributed by atoms with Gasteiger partial charge in [0.25, 0.3) is 0 Å². The molecule has 0 aromatic rings. The molecule has 5 nitrogen and oxygen atoms in total. The summed E-state index contributed by atoms with van der Waals surface area (Å²) in [5.41, 5.74) is -0.857. The molecule has 1 fully saturated rings. The van der Waals surface area contributed by atoms with E-state index in [-0.39, 0.29) is 18.4 Å². The van der Waals surface area contributed by atoms with Crippen molar-refractivity contribution in [3.8, 4) is 6.07 Å². The zero-order valence-electron chi connectivity index (χ0n) is 9.75. The maximum atomic E-state index is 12.1. The molecular formula is C11H17N3O2. The lowest BCUT2D eigenvalue weighted by Gasteiger charge is -2.37. The van der Waals surface area contributed by atoms with Gasteiger partial charge in [-0.25, -0.2) is 0 Å². The second-order valence-electron chi connectivity index (χ2n) is 4.04. The molecule has 1 aliphatic rings. The second kappa shape index (κ2) is 4.97. The van der Waals surface area contributed by atoms with Crippen molar-refractivity contribution in [3.63, 3.8) is 0 Å². The van der Waals surface area contributed by atoms with Crippen LogP contribution in [-0.4, -0.2) is 36.9 Å². The fourth-order valence-corrected chi connectivity index (χ4v) is 1.79. The molecule has 1 rings (SSSR count). The molecule has 88 valence electrons. The van der Waals surface area contributed by atoms with Crippen LogP contribution in [0.25, 0.3) is 0 Å². The Balaban J connectivity index is 2.70. The highest BCUT2D eigenvalue weighted by Crippen LogP contribution is 2.41. The van der Waals surface area contributed by atoms with Gasteiger partial charge in [-0.05, 0) is 26.2 Å². The number of likely N-dealkylation sites (N-methyl/N-ethyl adjacent to an activating group) is 2. The summed E-state index contributed by atoms with van der Waals surface area (Å²) in [6, 6.07) is 2.10. The molecule has 0 spiro atoms. The van der Waals surface area contributed by atoms with E-state index in [0.29, 0.717) is 19.4 Å². The van der Waals surface area contributed by atoms with Crippen molar-refractivity contribution in [1.82, 2.24) is 10.2 Å². The third-order valence-corrected chi connectivity index (χ3v) is 3.11. The van der Waals surface area contributed by atoms with Crippen LogP contribution in [0.2, 0.25) is 0 Å². The normalized spacial score (nSPS) is 16.8. The van der Waals surface area contributed by atoms with Crippen LogP contribution in [0.3, 0.4) is 0 Å². The van der Waals surface area contributed by atoms with Crippen molar-refractivity contribution in [3.05, 3.63) is 0 Å². The summed E-state index contributed by atoms with van der Waals surface area (Å²) in [7, 11) is 1.53. The Morgan fingerprint density at radius 2 is 2.12 bits per heavy atom. The molecular weight excluding hydrogens is 206 g/mol. The number of carbonyl (C=O) groups is 2. The lowest BCUT2D eigenvalue weighted by atomic mass is 9.69. The monoisotopic (exact) mass is 223 g/mol. The molecule has 2 amide bonds. The first kappa shape index (κ1) is 12.5. The average Bonchev–Trinajstić information content (AvgIpc) is 2.24. The highest BCUT2D eigenvalue weighted by Gasteiger charge is 2.46. The summed E-state index contributed by atoms with van der Waals surface area (Å²) >= 11 is 0. The van der Waals surface area contributed by atoms with Crippen molar-refractivity contribution >= 4 is 11.8 Å². The van der Waals surface area contributed by atoms with Crippen LogP contribution in [0.1, 0.15) is 26.2 Å². The summed E-state index contributed by atoms with van der Waals surface area (Å²) in [4.78, 5) is 24.7. The molecule has 0 aliphatic heterocycles. The Kier molecular flexibility index (Phi) is 3.88. The number of hydrogen-bond donors (Lipinski definition) is 1. The van der Waals surface area contributed by atoms with E-state index >= 15 is 0 Å². The van der Waals surface area contributed by atoms with E-state index in [1.165, 1.54) is 11.9 Å². The van der Waals surface area contributed by atoms with E-state index in [1.54, 1.807) is 0 Å². The minimum Gasteiger partial charge on any atom is -0.358 e. The number of rotatable bonds is 4. The fraction of sp³-hybridized carbons (Fsp3) is 0.727. The predicted molar refractivity (Wildman–Crippen MR) is 58.2 cm³/mol. The van der Waals surface area contributed by atoms with Gasteiger partial charge in [0.15, 0.2) is 0 Å². The van der Waals surface area contributed by atoms with Gasteiger partial charge in [-0.2, -0.15) is 5.26 Å². The van der Waals surface area contributed by atoms with E-state index in [9.17, 15) is 9.59 Å². The van der Waals surface area contributed by atoms with Gasteiger partial charge in [0.05, 0.1) is 12.6 Å². The summed E-state index contributed by atoms with van der Waals surface area (Å²) in [5.74, 6) is -0.407. The maximum Gasteiger partial charge on any atom is 0.243 e. The van der Waals surface area contributed by atoms with Crippen molar-refractivity contribution in [2.75, 3.05) is 20.1 Å². The molecule has 0 radical (unpaired) electrons. The van der Waals surface area contributed by atoms with E-state index in [1.807, 2.05) is 6.92 Å². The molecule has 0 atom stereocenters. The molecule has 5 heteroatoms. The summed E-state index contributed by atoms with van der Waals surface area (Å²) in [6.45, 7) is 2.30. The molecule has 0 heterocycles. The maximum absolute atomic E-state index is 12.1. The van der Waals surface area contributed by atoms with E-state index < -0.39 is 5.41 Å². The van der Waals surface area contributed by atoms with Crippen molar-refractivity contribution < 1.29 is 9.59 Å². The molecule has 1 saturated carbocycles. The van der Waals surface area contributed by atoms with Gasteiger partial charge in [0.1, 0.15) is 5.41 Å². The third kappa shape index (κ3) is 2.16. The van der Waals surface area contributed by atoms with E-state index in [4.69, 9.17) is 5.26 Å². The summed E-state index contributed by atoms with van der Waals surface area (Å²) in [5, 5.41) is 11.5. The number of carbonyl (C=O) groups excluding carboxylic acids is 2. The quantitative estimate of drug-likeness (QED) is 0.743. The van der Waals surface area contributed by atoms with Gasteiger partial charge in [-0.1, -0.05) is 0 Å². The van der Waals surface area contributed by atoms with Crippen LogP contribution in [0.15, 0.2) is 0 Å². The van der Waals surface area contributed by atoms with Gasteiger partial charge >= 0.3 is 0 Å². The third-order valence-electron chi connectivity index (χ3n) is 3.11. The van der Waals surface area contributed by atoms with Gasteiger partial charge in [-0.15, -0.1) is 0 Å². The largest absolute Gasteiger partial charge is 0.358 e. The van der Waals surface area contributed by atoms with Crippen LogP contribution in [-0.2, 0) is 9.59 Å². The SMILES string of the molecule is CCN(CC(=O)NC)C(=O)C1(C#N)CCC1. The van der Waals surface area contributed by atoms with Crippen molar-refractivity contribution in [2.24, 2.45) is 5.41 Å². The van der Waals surface area contributed by atoms with Gasteiger partial charge in [-0.3, -0.25) is 9.59 Å². The standard InChI is InChI=1S/C11H17N3O2/c1-3-14(7-9(15)13-2)10(16)11(8-12)5-4-6-11/h3-7H2,1-2H3,(H,13,15). The van der Waals surface area contributed by atoms with Crippen LogP contribution in [0.5, 0.6) is 0 Å². The minimum atomic E-state index is -0.857. The predicted octanol–water partition coefficient (Wildman–Crippen LogP) is 0.275. The molecule has 0 unspecified atom stereocenters. The molecule has 0 aromatic carbocycles. The number of nitrogens with one attached hydrogen (secondary N) is 1. The van der Waals surface area contributed by atoms with Crippen molar-refractivity contribution in [1.29, 1.82) is 5.26 Å². The zero-order chi connectivity index (χ0) is 12.2. The number of nitrogens with zero attached hydrogens (tertiary/aromatic N) is 2. The van der Waals surface area contributed by atoms with Crippen LogP contribution < -0.4 is 5.32 Å². The Morgan fingerprint density at radius 3 is 2.44 bits per heavy atom. The lowest BCUT2D eigenvalue weighted by molar-refractivity contribution is -0.145. The fourth-order valence-electron chi connectivity index (χ4n) is 1.79. The Bertz CT molecular complexity index is 329. The number of nitriles is 1. The summed E-state index contributed by atoms with van der Waals surface area (Å²) in [6.07, 6.45) is 2.15. The molecule has 0 bridgehead atoms. The van der Waals surface area contributed by atoms with E-state index in [2.05, 4.69) is 11.4 Å². The lowest BCUT2D eigenvalue weighted by Crippen LogP contribution is -2.49. The summed E-state index contributed by atoms with van der Waals surface area (Å²) < 4.78 is 0. The van der Waals surface area contributed by atoms with E-state index in [0.717, 1.165) is 6.42 Å². The zero-order valence-corrected chi connectivity index (χ0v) is 9.75. The Morgan fingerprint density at radius 1 is 1.50 bits per heavy atom.